The topological polar surface area (TPSA) is 110 Å². The summed E-state index contributed by atoms with van der Waals surface area (Å²) in [5, 5.41) is 20.5. The summed E-state index contributed by atoms with van der Waals surface area (Å²) in [5.74, 6) is -0.284. The van der Waals surface area contributed by atoms with Gasteiger partial charge in [-0.1, -0.05) is 18.2 Å². The van der Waals surface area contributed by atoms with Crippen LogP contribution in [0, 0.1) is 12.7 Å². The number of carboxylic acid groups (broad SMARTS) is 1. The number of nitrogens with zero attached hydrogens (tertiary/aromatic N) is 4. The lowest BCUT2D eigenvalue weighted by molar-refractivity contribution is -0.0593. The fourth-order valence-electron chi connectivity index (χ4n) is 4.90. The first-order chi connectivity index (χ1) is 19.8. The van der Waals surface area contributed by atoms with E-state index in [0.717, 1.165) is 12.0 Å². The zero-order valence-corrected chi connectivity index (χ0v) is 22.4. The van der Waals surface area contributed by atoms with Gasteiger partial charge in [0.05, 0.1) is 41.5 Å². The van der Waals surface area contributed by atoms with E-state index in [-0.39, 0.29) is 24.1 Å². The van der Waals surface area contributed by atoms with E-state index in [0.29, 0.717) is 59.3 Å². The number of carboxylic acids is 1. The maximum absolute atomic E-state index is 14.2. The zero-order chi connectivity index (χ0) is 28.5. The van der Waals surface area contributed by atoms with Gasteiger partial charge in [-0.05, 0) is 61.4 Å². The number of fused-ring (bicyclic) bond motifs is 1. The Morgan fingerprint density at radius 2 is 2.02 bits per heavy atom. The van der Waals surface area contributed by atoms with Crippen LogP contribution in [0.25, 0.3) is 16.6 Å². The lowest BCUT2D eigenvalue weighted by atomic mass is 10.1. The summed E-state index contributed by atoms with van der Waals surface area (Å²) in [4.78, 5) is 22.6. The van der Waals surface area contributed by atoms with Gasteiger partial charge in [0, 0.05) is 30.0 Å². The highest BCUT2D eigenvalue weighted by Gasteiger charge is 2.25. The molecule has 4 aromatic rings. The zero-order valence-electron chi connectivity index (χ0n) is 22.4. The quantitative estimate of drug-likeness (QED) is 0.306. The van der Waals surface area contributed by atoms with E-state index in [4.69, 9.17) is 14.5 Å². The van der Waals surface area contributed by atoms with E-state index in [9.17, 15) is 19.4 Å². The van der Waals surface area contributed by atoms with Crippen LogP contribution < -0.4 is 4.74 Å². The number of aromatic carboxylic acids is 1. The highest BCUT2D eigenvalue weighted by molar-refractivity contribution is 5.92. The SMILES string of the molecule is Cc1ccc(COc2cccc(C3=CC(O)N(Cc4nc5ccc(C(=O)O)cc5n4C[C@@H]4CCO4)C=C3)n2)c(F)c1. The number of benzene rings is 2. The van der Waals surface area contributed by atoms with E-state index >= 15 is 0 Å². The van der Waals surface area contributed by atoms with Gasteiger partial charge >= 0.3 is 5.97 Å². The van der Waals surface area contributed by atoms with E-state index in [2.05, 4.69) is 4.98 Å². The van der Waals surface area contributed by atoms with Gasteiger partial charge < -0.3 is 29.2 Å². The molecule has 2 aliphatic rings. The lowest BCUT2D eigenvalue weighted by Crippen LogP contribution is -2.34. The third-order valence-electron chi connectivity index (χ3n) is 7.30. The predicted octanol–water partition coefficient (Wildman–Crippen LogP) is 4.68. The third-order valence-corrected chi connectivity index (χ3v) is 7.30. The molecule has 2 aliphatic heterocycles. The van der Waals surface area contributed by atoms with Gasteiger partial charge in [-0.15, -0.1) is 0 Å². The minimum atomic E-state index is -1.00. The molecular formula is C31H29FN4O5. The van der Waals surface area contributed by atoms with Gasteiger partial charge in [0.2, 0.25) is 5.88 Å². The summed E-state index contributed by atoms with van der Waals surface area (Å²) in [5.41, 5.74) is 4.19. The lowest BCUT2D eigenvalue weighted by Gasteiger charge is -2.30. The van der Waals surface area contributed by atoms with Gasteiger partial charge in [-0.2, -0.15) is 0 Å². The molecule has 1 unspecified atom stereocenters. The summed E-state index contributed by atoms with van der Waals surface area (Å²) < 4.78 is 27.6. The van der Waals surface area contributed by atoms with Crippen LogP contribution in [0.3, 0.4) is 0 Å². The van der Waals surface area contributed by atoms with Crippen LogP contribution in [0.15, 0.2) is 72.9 Å². The minimum Gasteiger partial charge on any atom is -0.478 e. The first-order valence-electron chi connectivity index (χ1n) is 13.4. The average molecular weight is 557 g/mol. The van der Waals surface area contributed by atoms with Gasteiger partial charge in [-0.3, -0.25) is 0 Å². The molecule has 2 atom stereocenters. The maximum atomic E-state index is 14.2. The number of hydrogen-bond donors (Lipinski definition) is 2. The molecule has 6 rings (SSSR count). The van der Waals surface area contributed by atoms with Crippen molar-refractivity contribution in [2.75, 3.05) is 6.61 Å². The van der Waals surface area contributed by atoms with Gasteiger partial charge in [0.1, 0.15) is 24.5 Å². The average Bonchev–Trinajstić information content (AvgIpc) is 3.27. The van der Waals surface area contributed by atoms with E-state index in [1.807, 2.05) is 29.7 Å². The molecule has 2 aromatic carbocycles. The number of aryl methyl sites for hydroxylation is 1. The van der Waals surface area contributed by atoms with Crippen molar-refractivity contribution in [1.82, 2.24) is 19.4 Å². The maximum Gasteiger partial charge on any atom is 0.335 e. The summed E-state index contributed by atoms with van der Waals surface area (Å²) >= 11 is 0. The van der Waals surface area contributed by atoms with Crippen LogP contribution in [-0.4, -0.2) is 54.6 Å². The van der Waals surface area contributed by atoms with Gasteiger partial charge in [-0.25, -0.2) is 19.2 Å². The Morgan fingerprint density at radius 1 is 1.17 bits per heavy atom. The number of aliphatic hydroxyl groups is 1. The molecule has 1 fully saturated rings. The van der Waals surface area contributed by atoms with Gasteiger partial charge in [0.15, 0.2) is 0 Å². The largest absolute Gasteiger partial charge is 0.478 e. The molecule has 9 nitrogen and oxygen atoms in total. The van der Waals surface area contributed by atoms with Crippen LogP contribution in [0.1, 0.15) is 39.4 Å². The molecule has 1 saturated heterocycles. The van der Waals surface area contributed by atoms with Crippen molar-refractivity contribution in [3.8, 4) is 5.88 Å². The number of halogens is 1. The van der Waals surface area contributed by atoms with Crippen molar-refractivity contribution < 1.29 is 28.9 Å². The second-order valence-electron chi connectivity index (χ2n) is 10.2. The summed E-state index contributed by atoms with van der Waals surface area (Å²) in [7, 11) is 0. The number of rotatable bonds is 9. The molecule has 2 N–H and O–H groups in total. The second-order valence-corrected chi connectivity index (χ2v) is 10.2. The summed E-state index contributed by atoms with van der Waals surface area (Å²) in [6, 6.07) is 15.2. The Balaban J connectivity index is 1.18. The molecule has 10 heteroatoms. The van der Waals surface area contributed by atoms with Gasteiger partial charge in [0.25, 0.3) is 0 Å². The Labute approximate surface area is 235 Å². The van der Waals surface area contributed by atoms with Crippen LogP contribution in [0.2, 0.25) is 0 Å². The van der Waals surface area contributed by atoms with E-state index < -0.39 is 12.2 Å². The molecule has 0 bridgehead atoms. The fraction of sp³-hybridized carbons (Fsp3) is 0.258. The second kappa shape index (κ2) is 11.1. The molecule has 0 spiro atoms. The highest BCUT2D eigenvalue weighted by Crippen LogP contribution is 2.27. The van der Waals surface area contributed by atoms with E-state index in [1.54, 1.807) is 53.6 Å². The number of aliphatic hydroxyl groups excluding tert-OH is 1. The summed E-state index contributed by atoms with van der Waals surface area (Å²) in [6.07, 6.45) is 5.33. The van der Waals surface area contributed by atoms with Crippen molar-refractivity contribution in [1.29, 1.82) is 0 Å². The number of hydrogen-bond acceptors (Lipinski definition) is 7. The summed E-state index contributed by atoms with van der Waals surface area (Å²) in [6.45, 7) is 3.43. The van der Waals surface area contributed by atoms with Crippen molar-refractivity contribution in [2.45, 2.75) is 45.4 Å². The molecule has 0 amide bonds. The molecule has 2 aromatic heterocycles. The molecule has 0 aliphatic carbocycles. The number of imidazole rings is 1. The van der Waals surface area contributed by atoms with E-state index in [1.165, 1.54) is 6.07 Å². The van der Waals surface area contributed by atoms with Crippen molar-refractivity contribution in [2.24, 2.45) is 0 Å². The monoisotopic (exact) mass is 556 g/mol. The number of allylic oxidation sites excluding steroid dienone is 2. The van der Waals surface area contributed by atoms with Crippen LogP contribution >= 0.6 is 0 Å². The van der Waals surface area contributed by atoms with Crippen LogP contribution in [0.4, 0.5) is 4.39 Å². The van der Waals surface area contributed by atoms with Crippen LogP contribution in [0.5, 0.6) is 5.88 Å². The molecule has 0 saturated carbocycles. The first-order valence-corrected chi connectivity index (χ1v) is 13.4. The number of pyridine rings is 1. The molecule has 210 valence electrons. The highest BCUT2D eigenvalue weighted by atomic mass is 19.1. The Hall–Kier alpha value is -4.54. The predicted molar refractivity (Wildman–Crippen MR) is 149 cm³/mol. The molecule has 4 heterocycles. The standard InChI is InChI=1S/C31H29FN4O5/c1-19-5-6-22(24(32)13-19)18-41-29-4-2-3-25(34-29)20-9-11-35(30(37)15-20)17-28-33-26-8-7-21(31(38)39)14-27(26)36(28)16-23-10-12-40-23/h2-9,11,13-15,23,30,37H,10,12,16-18H2,1H3,(H,38,39)/t23-,30?/m0/s1. The fourth-order valence-corrected chi connectivity index (χ4v) is 4.90. The number of carbonyl (C=O) groups is 1. The van der Waals surface area contributed by atoms with Crippen LogP contribution in [-0.2, 0) is 24.4 Å². The van der Waals surface area contributed by atoms with Crippen molar-refractivity contribution in [3.05, 3.63) is 107 Å². The Bertz CT molecular complexity index is 1680. The minimum absolute atomic E-state index is 0.0380. The molecule has 0 radical (unpaired) electrons. The Morgan fingerprint density at radius 3 is 2.76 bits per heavy atom. The first kappa shape index (κ1) is 26.7. The smallest absolute Gasteiger partial charge is 0.335 e. The molecule has 41 heavy (non-hydrogen) atoms. The Kier molecular flexibility index (Phi) is 7.25. The molecular weight excluding hydrogens is 527 g/mol. The normalized spacial score (nSPS) is 18.3. The number of ether oxygens (including phenoxy) is 2. The third kappa shape index (κ3) is 5.70. The van der Waals surface area contributed by atoms with Crippen molar-refractivity contribution >= 4 is 22.6 Å². The number of aromatic nitrogens is 3. The van der Waals surface area contributed by atoms with Crippen molar-refractivity contribution in [3.63, 3.8) is 0 Å².